The molecule has 0 spiro atoms. The maximum atomic E-state index is 11.6. The number of carboxylic acids is 1. The fourth-order valence-electron chi connectivity index (χ4n) is 1.14. The first-order valence-electron chi connectivity index (χ1n) is 4.72. The number of nitrogens with zero attached hydrogens (tertiary/aromatic N) is 1. The molecule has 1 atom stereocenters. The maximum absolute atomic E-state index is 11.6. The van der Waals surface area contributed by atoms with Gasteiger partial charge in [-0.25, -0.2) is 13.2 Å². The number of sulfonamides is 1. The lowest BCUT2D eigenvalue weighted by atomic mass is 10.2. The molecule has 0 aliphatic carbocycles. The van der Waals surface area contributed by atoms with Gasteiger partial charge in [-0.15, -0.1) is 0 Å². The van der Waals surface area contributed by atoms with E-state index in [0.717, 1.165) is 0 Å². The summed E-state index contributed by atoms with van der Waals surface area (Å²) in [6.07, 6.45) is 0. The highest BCUT2D eigenvalue weighted by atomic mass is 35.5. The van der Waals surface area contributed by atoms with E-state index in [4.69, 9.17) is 22.0 Å². The molecule has 0 aliphatic rings. The van der Waals surface area contributed by atoms with E-state index in [1.165, 1.54) is 25.1 Å². The van der Waals surface area contributed by atoms with Crippen LogP contribution in [0.4, 0.5) is 5.69 Å². The SMILES string of the molecule is CC(C#N)S(=O)(=O)Nc1cccc(Cl)c1C(=O)O. The van der Waals surface area contributed by atoms with Crippen molar-refractivity contribution in [1.82, 2.24) is 0 Å². The first kappa shape index (κ1) is 14.3. The first-order valence-corrected chi connectivity index (χ1v) is 6.65. The summed E-state index contributed by atoms with van der Waals surface area (Å²) in [7, 11) is -3.97. The van der Waals surface area contributed by atoms with Gasteiger partial charge in [-0.3, -0.25) is 4.72 Å². The molecule has 1 aromatic rings. The highest BCUT2D eigenvalue weighted by Gasteiger charge is 2.23. The van der Waals surface area contributed by atoms with E-state index < -0.39 is 21.2 Å². The van der Waals surface area contributed by atoms with Crippen LogP contribution in [0.25, 0.3) is 0 Å². The third-order valence-corrected chi connectivity index (χ3v) is 3.98. The number of carbonyl (C=O) groups is 1. The number of rotatable bonds is 4. The van der Waals surface area contributed by atoms with E-state index in [1.54, 1.807) is 6.07 Å². The van der Waals surface area contributed by atoms with E-state index in [9.17, 15) is 13.2 Å². The third-order valence-electron chi connectivity index (χ3n) is 2.13. The van der Waals surface area contributed by atoms with Gasteiger partial charge in [-0.05, 0) is 19.1 Å². The van der Waals surface area contributed by atoms with Crippen molar-refractivity contribution in [3.63, 3.8) is 0 Å². The Kier molecular flexibility index (Phi) is 4.16. The summed E-state index contributed by atoms with van der Waals surface area (Å²) in [6, 6.07) is 5.56. The maximum Gasteiger partial charge on any atom is 0.339 e. The Labute approximate surface area is 109 Å². The predicted molar refractivity (Wildman–Crippen MR) is 66.0 cm³/mol. The van der Waals surface area contributed by atoms with Crippen LogP contribution < -0.4 is 4.72 Å². The topological polar surface area (TPSA) is 107 Å². The van der Waals surface area contributed by atoms with Gasteiger partial charge >= 0.3 is 5.97 Å². The quantitative estimate of drug-likeness (QED) is 0.876. The lowest BCUT2D eigenvalue weighted by Gasteiger charge is -2.12. The van der Waals surface area contributed by atoms with Crippen molar-refractivity contribution in [3.8, 4) is 6.07 Å². The zero-order valence-electron chi connectivity index (χ0n) is 9.21. The van der Waals surface area contributed by atoms with Crippen LogP contribution in [-0.2, 0) is 10.0 Å². The number of benzene rings is 1. The highest BCUT2D eigenvalue weighted by Crippen LogP contribution is 2.25. The number of nitriles is 1. The molecule has 1 aromatic carbocycles. The van der Waals surface area contributed by atoms with Crippen molar-refractivity contribution in [2.75, 3.05) is 4.72 Å². The average molecular weight is 289 g/mol. The van der Waals surface area contributed by atoms with Crippen molar-refractivity contribution in [2.45, 2.75) is 12.2 Å². The van der Waals surface area contributed by atoms with Gasteiger partial charge in [0.05, 0.1) is 16.8 Å². The number of hydrogen-bond acceptors (Lipinski definition) is 4. The minimum absolute atomic E-state index is 0.0905. The van der Waals surface area contributed by atoms with E-state index in [2.05, 4.69) is 0 Å². The lowest BCUT2D eigenvalue weighted by Crippen LogP contribution is -2.25. The first-order chi connectivity index (χ1) is 8.29. The molecule has 0 radical (unpaired) electrons. The molecule has 2 N–H and O–H groups in total. The molecule has 0 saturated carbocycles. The highest BCUT2D eigenvalue weighted by molar-refractivity contribution is 7.93. The van der Waals surface area contributed by atoms with E-state index in [1.807, 2.05) is 4.72 Å². The number of halogens is 1. The second-order valence-electron chi connectivity index (χ2n) is 3.39. The smallest absolute Gasteiger partial charge is 0.339 e. The van der Waals surface area contributed by atoms with E-state index in [0.29, 0.717) is 0 Å². The molecule has 0 aliphatic heterocycles. The second kappa shape index (κ2) is 5.25. The number of carboxylic acid groups (broad SMARTS) is 1. The minimum atomic E-state index is -3.97. The predicted octanol–water partition coefficient (Wildman–Crippen LogP) is 1.69. The Morgan fingerprint density at radius 2 is 2.17 bits per heavy atom. The molecule has 1 rings (SSSR count). The van der Waals surface area contributed by atoms with Gasteiger partial charge in [-0.2, -0.15) is 5.26 Å². The largest absolute Gasteiger partial charge is 0.478 e. The summed E-state index contributed by atoms with van der Waals surface area (Å²) in [6.45, 7) is 1.19. The summed E-state index contributed by atoms with van der Waals surface area (Å²) >= 11 is 5.69. The molecule has 1 unspecified atom stereocenters. The Hall–Kier alpha value is -1.78. The van der Waals surface area contributed by atoms with E-state index in [-0.39, 0.29) is 16.3 Å². The second-order valence-corrected chi connectivity index (χ2v) is 5.79. The van der Waals surface area contributed by atoms with Crippen molar-refractivity contribution < 1.29 is 18.3 Å². The van der Waals surface area contributed by atoms with Crippen LogP contribution in [0.1, 0.15) is 17.3 Å². The molecule has 0 aromatic heterocycles. The molecular formula is C10H9ClN2O4S. The van der Waals surface area contributed by atoms with Gasteiger partial charge < -0.3 is 5.11 Å². The number of anilines is 1. The summed E-state index contributed by atoms with van der Waals surface area (Å²) in [4.78, 5) is 11.0. The lowest BCUT2D eigenvalue weighted by molar-refractivity contribution is 0.0698. The third kappa shape index (κ3) is 2.91. The van der Waals surface area contributed by atoms with Crippen LogP contribution in [0, 0.1) is 11.3 Å². The van der Waals surface area contributed by atoms with Crippen molar-refractivity contribution in [2.24, 2.45) is 0 Å². The number of nitrogens with one attached hydrogen (secondary N) is 1. The zero-order chi connectivity index (χ0) is 13.9. The van der Waals surface area contributed by atoms with Crippen molar-refractivity contribution >= 4 is 33.3 Å². The molecular weight excluding hydrogens is 280 g/mol. The Morgan fingerprint density at radius 3 is 2.67 bits per heavy atom. The minimum Gasteiger partial charge on any atom is -0.478 e. The molecule has 8 heteroatoms. The van der Waals surface area contributed by atoms with Crippen LogP contribution in [0.15, 0.2) is 18.2 Å². The molecule has 18 heavy (non-hydrogen) atoms. The van der Waals surface area contributed by atoms with Gasteiger partial charge in [0.2, 0.25) is 10.0 Å². The molecule has 0 bridgehead atoms. The normalized spacial score (nSPS) is 12.5. The van der Waals surface area contributed by atoms with Gasteiger partial charge in [-0.1, -0.05) is 17.7 Å². The Bertz CT molecular complexity index is 621. The monoisotopic (exact) mass is 288 g/mol. The molecule has 0 fully saturated rings. The fraction of sp³-hybridized carbons (Fsp3) is 0.200. The van der Waals surface area contributed by atoms with Crippen molar-refractivity contribution in [1.29, 1.82) is 5.26 Å². The van der Waals surface area contributed by atoms with Crippen LogP contribution in [0.3, 0.4) is 0 Å². The van der Waals surface area contributed by atoms with E-state index >= 15 is 0 Å². The number of aromatic carboxylic acids is 1. The zero-order valence-corrected chi connectivity index (χ0v) is 10.8. The molecule has 96 valence electrons. The van der Waals surface area contributed by atoms with Gasteiger partial charge in [0.25, 0.3) is 0 Å². The number of hydrogen-bond donors (Lipinski definition) is 2. The van der Waals surface area contributed by atoms with Gasteiger partial charge in [0, 0.05) is 0 Å². The Balaban J connectivity index is 3.26. The van der Waals surface area contributed by atoms with Crippen LogP contribution >= 0.6 is 11.6 Å². The molecule has 0 amide bonds. The molecule has 6 nitrogen and oxygen atoms in total. The summed E-state index contributed by atoms with van der Waals surface area (Å²) in [5, 5.41) is 16.1. The molecule has 0 saturated heterocycles. The Morgan fingerprint density at radius 1 is 1.56 bits per heavy atom. The summed E-state index contributed by atoms with van der Waals surface area (Å²) in [5.74, 6) is -1.36. The van der Waals surface area contributed by atoms with Crippen molar-refractivity contribution in [3.05, 3.63) is 28.8 Å². The van der Waals surface area contributed by atoms with Crippen LogP contribution in [-0.4, -0.2) is 24.7 Å². The average Bonchev–Trinajstić information content (AvgIpc) is 2.26. The summed E-state index contributed by atoms with van der Waals surface area (Å²) in [5.41, 5.74) is -0.523. The van der Waals surface area contributed by atoms with Crippen LogP contribution in [0.5, 0.6) is 0 Å². The van der Waals surface area contributed by atoms with Gasteiger partial charge in [0.1, 0.15) is 5.56 Å². The van der Waals surface area contributed by atoms with Crippen LogP contribution in [0.2, 0.25) is 5.02 Å². The summed E-state index contributed by atoms with van der Waals surface area (Å²) < 4.78 is 25.3. The van der Waals surface area contributed by atoms with Gasteiger partial charge in [0.15, 0.2) is 5.25 Å². The fourth-order valence-corrected chi connectivity index (χ4v) is 2.19. The molecule has 0 heterocycles. The standard InChI is InChI=1S/C10H9ClN2O4S/c1-6(5-12)18(16,17)13-8-4-2-3-7(11)9(8)10(14)15/h2-4,6,13H,1H3,(H,14,15).